The predicted molar refractivity (Wildman–Crippen MR) is 99.6 cm³/mol. The van der Waals surface area contributed by atoms with Crippen molar-refractivity contribution in [2.75, 3.05) is 19.8 Å². The zero-order chi connectivity index (χ0) is 18.1. The summed E-state index contributed by atoms with van der Waals surface area (Å²) in [6.07, 6.45) is 5.09. The normalized spacial score (nSPS) is 16.4. The van der Waals surface area contributed by atoms with Crippen LogP contribution in [0.3, 0.4) is 0 Å². The van der Waals surface area contributed by atoms with Gasteiger partial charge in [-0.05, 0) is 43.7 Å². The lowest BCUT2D eigenvalue weighted by Gasteiger charge is -2.26. The summed E-state index contributed by atoms with van der Waals surface area (Å²) in [4.78, 5) is 12.4. The van der Waals surface area contributed by atoms with Crippen molar-refractivity contribution in [3.63, 3.8) is 0 Å². The molecular formula is C20H32N2O3. The number of carbonyl (C=O) groups is 1. The molecule has 5 nitrogen and oxygen atoms in total. The van der Waals surface area contributed by atoms with Crippen molar-refractivity contribution in [2.45, 2.75) is 58.5 Å². The Morgan fingerprint density at radius 3 is 2.84 bits per heavy atom. The summed E-state index contributed by atoms with van der Waals surface area (Å²) < 4.78 is 11.3. The molecule has 0 aromatic heterocycles. The van der Waals surface area contributed by atoms with Crippen LogP contribution in [-0.2, 0) is 16.1 Å². The Balaban J connectivity index is 1.89. The Morgan fingerprint density at radius 2 is 2.12 bits per heavy atom. The Morgan fingerprint density at radius 1 is 1.36 bits per heavy atom. The lowest BCUT2D eigenvalue weighted by molar-refractivity contribution is -0.124. The molecule has 1 atom stereocenters. The number of rotatable bonds is 9. The number of ether oxygens (including phenoxy) is 2. The fourth-order valence-electron chi connectivity index (χ4n) is 3.07. The van der Waals surface area contributed by atoms with E-state index in [0.29, 0.717) is 26.4 Å². The third-order valence-corrected chi connectivity index (χ3v) is 4.76. The van der Waals surface area contributed by atoms with Crippen molar-refractivity contribution in [3.8, 4) is 5.75 Å². The average molecular weight is 348 g/mol. The summed E-state index contributed by atoms with van der Waals surface area (Å²) >= 11 is 0. The molecule has 0 spiro atoms. The van der Waals surface area contributed by atoms with Crippen LogP contribution < -0.4 is 15.8 Å². The van der Waals surface area contributed by atoms with Gasteiger partial charge in [-0.1, -0.05) is 31.9 Å². The van der Waals surface area contributed by atoms with Gasteiger partial charge in [-0.3, -0.25) is 4.79 Å². The van der Waals surface area contributed by atoms with Gasteiger partial charge in [0, 0.05) is 25.3 Å². The minimum atomic E-state index is -0.469. The van der Waals surface area contributed by atoms with E-state index >= 15 is 0 Å². The van der Waals surface area contributed by atoms with Gasteiger partial charge in [0.2, 0.25) is 5.91 Å². The molecule has 3 N–H and O–H groups in total. The SMILES string of the molecule is CCCCCOc1cc(C)ccc1CNC(=O)C(N)C1CCOCC1. The van der Waals surface area contributed by atoms with Crippen LogP contribution in [0.15, 0.2) is 18.2 Å². The summed E-state index contributed by atoms with van der Waals surface area (Å²) in [5.41, 5.74) is 8.28. The molecule has 5 heteroatoms. The number of hydrogen-bond acceptors (Lipinski definition) is 4. The number of amides is 1. The first-order valence-corrected chi connectivity index (χ1v) is 9.45. The van der Waals surface area contributed by atoms with Crippen LogP contribution in [0.5, 0.6) is 5.75 Å². The van der Waals surface area contributed by atoms with Crippen LogP contribution in [0.4, 0.5) is 0 Å². The third-order valence-electron chi connectivity index (χ3n) is 4.76. The molecule has 0 saturated carbocycles. The first-order chi connectivity index (χ1) is 12.1. The number of aryl methyl sites for hydroxylation is 1. The van der Waals surface area contributed by atoms with Crippen LogP contribution in [0.25, 0.3) is 0 Å². The molecule has 1 unspecified atom stereocenters. The lowest BCUT2D eigenvalue weighted by Crippen LogP contribution is -2.46. The molecule has 0 bridgehead atoms. The number of nitrogens with two attached hydrogens (primary N) is 1. The molecule has 25 heavy (non-hydrogen) atoms. The van der Waals surface area contributed by atoms with E-state index in [-0.39, 0.29) is 11.8 Å². The fraction of sp³-hybridized carbons (Fsp3) is 0.650. The van der Waals surface area contributed by atoms with Crippen molar-refractivity contribution in [3.05, 3.63) is 29.3 Å². The molecule has 140 valence electrons. The molecule has 1 aromatic rings. The molecule has 0 aliphatic carbocycles. The van der Waals surface area contributed by atoms with Gasteiger partial charge >= 0.3 is 0 Å². The maximum atomic E-state index is 12.4. The van der Waals surface area contributed by atoms with Crippen molar-refractivity contribution < 1.29 is 14.3 Å². The second-order valence-electron chi connectivity index (χ2n) is 6.86. The van der Waals surface area contributed by atoms with Gasteiger partial charge in [0.15, 0.2) is 0 Å². The minimum Gasteiger partial charge on any atom is -0.493 e. The van der Waals surface area contributed by atoms with E-state index in [9.17, 15) is 4.79 Å². The van der Waals surface area contributed by atoms with Gasteiger partial charge in [-0.15, -0.1) is 0 Å². The third kappa shape index (κ3) is 6.33. The van der Waals surface area contributed by atoms with Crippen LogP contribution in [0, 0.1) is 12.8 Å². The highest BCUT2D eigenvalue weighted by Crippen LogP contribution is 2.22. The van der Waals surface area contributed by atoms with E-state index in [1.165, 1.54) is 6.42 Å². The van der Waals surface area contributed by atoms with Crippen molar-refractivity contribution in [1.82, 2.24) is 5.32 Å². The standard InChI is InChI=1S/C20H32N2O3/c1-3-4-5-10-25-18-13-15(2)6-7-17(18)14-22-20(23)19(21)16-8-11-24-12-9-16/h6-7,13,16,19H,3-5,8-12,14,21H2,1-2H3,(H,22,23). The summed E-state index contributed by atoms with van der Waals surface area (Å²) in [5.74, 6) is 0.969. The molecule has 1 saturated heterocycles. The van der Waals surface area contributed by atoms with Crippen LogP contribution in [-0.4, -0.2) is 31.8 Å². The van der Waals surface area contributed by atoms with E-state index in [1.807, 2.05) is 25.1 Å². The molecule has 1 amide bonds. The Bertz CT molecular complexity index is 542. The van der Waals surface area contributed by atoms with E-state index in [1.54, 1.807) is 0 Å². The highest BCUT2D eigenvalue weighted by molar-refractivity contribution is 5.81. The number of benzene rings is 1. The average Bonchev–Trinajstić information content (AvgIpc) is 2.64. The maximum Gasteiger partial charge on any atom is 0.237 e. The zero-order valence-electron chi connectivity index (χ0n) is 15.6. The number of nitrogens with one attached hydrogen (secondary N) is 1. The van der Waals surface area contributed by atoms with Gasteiger partial charge < -0.3 is 20.5 Å². The van der Waals surface area contributed by atoms with Crippen LogP contribution in [0.2, 0.25) is 0 Å². The molecule has 2 rings (SSSR count). The predicted octanol–water partition coefficient (Wildman–Crippen LogP) is 2.93. The smallest absolute Gasteiger partial charge is 0.237 e. The van der Waals surface area contributed by atoms with Crippen molar-refractivity contribution in [1.29, 1.82) is 0 Å². The van der Waals surface area contributed by atoms with E-state index in [0.717, 1.165) is 42.6 Å². The number of unbranched alkanes of at least 4 members (excludes halogenated alkanes) is 2. The van der Waals surface area contributed by atoms with Gasteiger partial charge in [0.25, 0.3) is 0 Å². The van der Waals surface area contributed by atoms with Gasteiger partial charge in [-0.2, -0.15) is 0 Å². The second-order valence-corrected chi connectivity index (χ2v) is 6.86. The quantitative estimate of drug-likeness (QED) is 0.673. The molecule has 0 radical (unpaired) electrons. The topological polar surface area (TPSA) is 73.6 Å². The van der Waals surface area contributed by atoms with Crippen LogP contribution >= 0.6 is 0 Å². The molecule has 1 aliphatic heterocycles. The molecular weight excluding hydrogens is 316 g/mol. The Hall–Kier alpha value is -1.59. The van der Waals surface area contributed by atoms with Gasteiger partial charge in [0.1, 0.15) is 5.75 Å². The molecule has 1 aromatic carbocycles. The first kappa shape index (κ1) is 19.7. The molecule has 1 aliphatic rings. The lowest BCUT2D eigenvalue weighted by atomic mass is 9.92. The monoisotopic (exact) mass is 348 g/mol. The molecule has 1 heterocycles. The highest BCUT2D eigenvalue weighted by atomic mass is 16.5. The second kappa shape index (κ2) is 10.4. The summed E-state index contributed by atoms with van der Waals surface area (Å²) in [5, 5.41) is 2.97. The summed E-state index contributed by atoms with van der Waals surface area (Å²) in [7, 11) is 0. The largest absolute Gasteiger partial charge is 0.493 e. The molecule has 1 fully saturated rings. The van der Waals surface area contributed by atoms with Gasteiger partial charge in [0.05, 0.1) is 12.6 Å². The fourth-order valence-corrected chi connectivity index (χ4v) is 3.07. The van der Waals surface area contributed by atoms with Crippen LogP contribution in [0.1, 0.15) is 50.2 Å². The Kier molecular flexibility index (Phi) is 8.22. The minimum absolute atomic E-state index is 0.0931. The van der Waals surface area contributed by atoms with Gasteiger partial charge in [-0.25, -0.2) is 0 Å². The first-order valence-electron chi connectivity index (χ1n) is 9.45. The van der Waals surface area contributed by atoms with Crippen molar-refractivity contribution in [2.24, 2.45) is 11.7 Å². The maximum absolute atomic E-state index is 12.4. The number of hydrogen-bond donors (Lipinski definition) is 2. The highest BCUT2D eigenvalue weighted by Gasteiger charge is 2.26. The van der Waals surface area contributed by atoms with E-state index < -0.39 is 6.04 Å². The zero-order valence-corrected chi connectivity index (χ0v) is 15.6. The number of carbonyl (C=O) groups excluding carboxylic acids is 1. The summed E-state index contributed by atoms with van der Waals surface area (Å²) in [6.45, 7) is 6.76. The summed E-state index contributed by atoms with van der Waals surface area (Å²) in [6, 6.07) is 5.62. The van der Waals surface area contributed by atoms with E-state index in [2.05, 4.69) is 12.2 Å². The van der Waals surface area contributed by atoms with E-state index in [4.69, 9.17) is 15.2 Å². The van der Waals surface area contributed by atoms with Crippen molar-refractivity contribution >= 4 is 5.91 Å². The Labute approximate surface area is 151 Å².